The first kappa shape index (κ1) is 9.36. The molecule has 82 valence electrons. The van der Waals surface area contributed by atoms with E-state index in [4.69, 9.17) is 9.15 Å². The second kappa shape index (κ2) is 3.94. The molecule has 2 fully saturated rings. The normalized spacial score (nSPS) is 26.0. The molecule has 0 bridgehead atoms. The Kier molecular flexibility index (Phi) is 2.46. The Morgan fingerprint density at radius 3 is 3.07 bits per heavy atom. The highest BCUT2D eigenvalue weighted by molar-refractivity contribution is 5.03. The van der Waals surface area contributed by atoms with Crippen LogP contribution in [0.4, 0.5) is 0 Å². The quantitative estimate of drug-likeness (QED) is 0.813. The van der Waals surface area contributed by atoms with E-state index in [-0.39, 0.29) is 0 Å². The topological polar surface area (TPSA) is 47.3 Å². The Balaban J connectivity index is 1.59. The molecule has 15 heavy (non-hydrogen) atoms. The van der Waals surface area contributed by atoms with E-state index in [2.05, 4.69) is 10.3 Å². The van der Waals surface area contributed by atoms with E-state index in [1.165, 1.54) is 12.8 Å². The van der Waals surface area contributed by atoms with Crippen LogP contribution in [0.5, 0.6) is 0 Å². The molecule has 2 heterocycles. The second-order valence-electron chi connectivity index (χ2n) is 4.37. The predicted octanol–water partition coefficient (Wildman–Crippen LogP) is 1.43. The zero-order valence-electron chi connectivity index (χ0n) is 8.74. The molecule has 0 radical (unpaired) electrons. The van der Waals surface area contributed by atoms with Crippen LogP contribution in [0.1, 0.15) is 36.8 Å². The van der Waals surface area contributed by atoms with E-state index in [1.54, 1.807) is 0 Å². The minimum absolute atomic E-state index is 0.423. The summed E-state index contributed by atoms with van der Waals surface area (Å²) in [6, 6.07) is 0.704. The molecule has 0 amide bonds. The van der Waals surface area contributed by atoms with Crippen LogP contribution < -0.4 is 5.32 Å². The molecule has 4 nitrogen and oxygen atoms in total. The molecule has 1 atom stereocenters. The van der Waals surface area contributed by atoms with Crippen molar-refractivity contribution in [2.45, 2.75) is 37.8 Å². The number of nitrogens with one attached hydrogen (secondary N) is 1. The van der Waals surface area contributed by atoms with Crippen LogP contribution in [-0.4, -0.2) is 24.2 Å². The molecule has 1 N–H and O–H groups in total. The van der Waals surface area contributed by atoms with Crippen LogP contribution in [-0.2, 0) is 11.3 Å². The highest BCUT2D eigenvalue weighted by Gasteiger charge is 2.23. The van der Waals surface area contributed by atoms with Gasteiger partial charge in [-0.05, 0) is 19.3 Å². The maximum Gasteiger partial charge on any atom is 0.208 e. The Hall–Kier alpha value is -0.870. The van der Waals surface area contributed by atoms with Gasteiger partial charge in [0.15, 0.2) is 0 Å². The summed E-state index contributed by atoms with van der Waals surface area (Å²) in [5, 5.41) is 3.39. The summed E-state index contributed by atoms with van der Waals surface area (Å²) < 4.78 is 11.0. The average Bonchev–Trinajstić information content (AvgIpc) is 2.78. The van der Waals surface area contributed by atoms with Gasteiger partial charge < -0.3 is 14.5 Å². The van der Waals surface area contributed by atoms with Crippen molar-refractivity contribution < 1.29 is 9.15 Å². The summed E-state index contributed by atoms with van der Waals surface area (Å²) in [7, 11) is 0. The third-order valence-corrected chi connectivity index (χ3v) is 3.02. The molecule has 1 aliphatic heterocycles. The SMILES string of the molecule is c1nc(CNC2CC2)oc1C1CCOC1. The zero-order valence-corrected chi connectivity index (χ0v) is 8.74. The summed E-state index contributed by atoms with van der Waals surface area (Å²) in [4.78, 5) is 4.28. The van der Waals surface area contributed by atoms with Crippen LogP contribution in [0.2, 0.25) is 0 Å². The summed E-state index contributed by atoms with van der Waals surface area (Å²) in [5.41, 5.74) is 0. The van der Waals surface area contributed by atoms with Crippen LogP contribution in [0.25, 0.3) is 0 Å². The van der Waals surface area contributed by atoms with Crippen LogP contribution in [0.15, 0.2) is 10.6 Å². The maximum absolute atomic E-state index is 5.69. The van der Waals surface area contributed by atoms with Gasteiger partial charge in [-0.25, -0.2) is 4.98 Å². The molecule has 0 spiro atoms. The van der Waals surface area contributed by atoms with Crippen LogP contribution in [0, 0.1) is 0 Å². The van der Waals surface area contributed by atoms with Gasteiger partial charge >= 0.3 is 0 Å². The molecular formula is C11H16N2O2. The van der Waals surface area contributed by atoms with Crippen molar-refractivity contribution in [3.63, 3.8) is 0 Å². The van der Waals surface area contributed by atoms with E-state index >= 15 is 0 Å². The van der Waals surface area contributed by atoms with Gasteiger partial charge in [-0.3, -0.25) is 0 Å². The number of rotatable bonds is 4. The van der Waals surface area contributed by atoms with Crippen molar-refractivity contribution >= 4 is 0 Å². The molecule has 1 aliphatic carbocycles. The average molecular weight is 208 g/mol. The van der Waals surface area contributed by atoms with E-state index < -0.39 is 0 Å². The maximum atomic E-state index is 5.69. The molecule has 4 heteroatoms. The minimum Gasteiger partial charge on any atom is -0.444 e. The lowest BCUT2D eigenvalue weighted by Crippen LogP contribution is -2.15. The van der Waals surface area contributed by atoms with E-state index in [9.17, 15) is 0 Å². The first-order valence-electron chi connectivity index (χ1n) is 5.67. The molecule has 1 saturated carbocycles. The van der Waals surface area contributed by atoms with Gasteiger partial charge in [-0.2, -0.15) is 0 Å². The van der Waals surface area contributed by atoms with Gasteiger partial charge in [0.25, 0.3) is 0 Å². The Labute approximate surface area is 89.0 Å². The first-order valence-corrected chi connectivity index (χ1v) is 5.67. The van der Waals surface area contributed by atoms with Gasteiger partial charge in [0.05, 0.1) is 19.3 Å². The van der Waals surface area contributed by atoms with Crippen LogP contribution in [0.3, 0.4) is 0 Å². The monoisotopic (exact) mass is 208 g/mol. The first-order chi connectivity index (χ1) is 7.42. The molecule has 1 aromatic heterocycles. The highest BCUT2D eigenvalue weighted by Crippen LogP contribution is 2.26. The van der Waals surface area contributed by atoms with Crippen molar-refractivity contribution in [2.75, 3.05) is 13.2 Å². The molecule has 1 saturated heterocycles. The number of hydrogen-bond donors (Lipinski definition) is 1. The molecule has 2 aliphatic rings. The van der Waals surface area contributed by atoms with Crippen molar-refractivity contribution in [1.82, 2.24) is 10.3 Å². The molecule has 3 rings (SSSR count). The third kappa shape index (κ3) is 2.21. The summed E-state index contributed by atoms with van der Waals surface area (Å²) in [6.45, 7) is 2.39. The summed E-state index contributed by atoms with van der Waals surface area (Å²) in [5.74, 6) is 2.22. The largest absolute Gasteiger partial charge is 0.444 e. The van der Waals surface area contributed by atoms with Gasteiger partial charge in [0.1, 0.15) is 5.76 Å². The van der Waals surface area contributed by atoms with Crippen LogP contribution >= 0.6 is 0 Å². The predicted molar refractivity (Wildman–Crippen MR) is 54.5 cm³/mol. The number of nitrogens with zero attached hydrogens (tertiary/aromatic N) is 1. The second-order valence-corrected chi connectivity index (χ2v) is 4.37. The summed E-state index contributed by atoms with van der Waals surface area (Å²) >= 11 is 0. The Morgan fingerprint density at radius 2 is 2.33 bits per heavy atom. The standard InChI is InChI=1S/C11H16N2O2/c1-2-9(1)12-6-11-13-5-10(15-11)8-3-4-14-7-8/h5,8-9,12H,1-4,6-7H2. The molecule has 0 aromatic carbocycles. The highest BCUT2D eigenvalue weighted by atomic mass is 16.5. The fourth-order valence-corrected chi connectivity index (χ4v) is 1.87. The summed E-state index contributed by atoms with van der Waals surface area (Å²) in [6.07, 6.45) is 5.50. The fourth-order valence-electron chi connectivity index (χ4n) is 1.87. The number of oxazole rings is 1. The number of aromatic nitrogens is 1. The van der Waals surface area contributed by atoms with Crippen molar-refractivity contribution in [3.05, 3.63) is 17.8 Å². The lowest BCUT2D eigenvalue weighted by Gasteiger charge is -2.01. The van der Waals surface area contributed by atoms with Gasteiger partial charge in [0.2, 0.25) is 5.89 Å². The smallest absolute Gasteiger partial charge is 0.208 e. The number of ether oxygens (including phenoxy) is 1. The third-order valence-electron chi connectivity index (χ3n) is 3.02. The lowest BCUT2D eigenvalue weighted by molar-refractivity contribution is 0.191. The van der Waals surface area contributed by atoms with Gasteiger partial charge in [-0.15, -0.1) is 0 Å². The van der Waals surface area contributed by atoms with Gasteiger partial charge in [0, 0.05) is 18.6 Å². The minimum atomic E-state index is 0.423. The van der Waals surface area contributed by atoms with E-state index in [1.807, 2.05) is 6.20 Å². The van der Waals surface area contributed by atoms with Crippen molar-refractivity contribution in [2.24, 2.45) is 0 Å². The lowest BCUT2D eigenvalue weighted by atomic mass is 10.1. The van der Waals surface area contributed by atoms with Gasteiger partial charge in [-0.1, -0.05) is 0 Å². The van der Waals surface area contributed by atoms with Crippen molar-refractivity contribution in [3.8, 4) is 0 Å². The van der Waals surface area contributed by atoms with E-state index in [0.717, 1.165) is 37.8 Å². The fraction of sp³-hybridized carbons (Fsp3) is 0.727. The van der Waals surface area contributed by atoms with E-state index in [0.29, 0.717) is 12.0 Å². The molecule has 1 unspecified atom stereocenters. The number of hydrogen-bond acceptors (Lipinski definition) is 4. The zero-order chi connectivity index (χ0) is 10.1. The van der Waals surface area contributed by atoms with Crippen molar-refractivity contribution in [1.29, 1.82) is 0 Å². The molecule has 1 aromatic rings. The Bertz CT molecular complexity index is 327. The Morgan fingerprint density at radius 1 is 1.40 bits per heavy atom. The molecular weight excluding hydrogens is 192 g/mol.